The van der Waals surface area contributed by atoms with E-state index < -0.39 is 0 Å². The summed E-state index contributed by atoms with van der Waals surface area (Å²) in [5, 5.41) is 2.99. The summed E-state index contributed by atoms with van der Waals surface area (Å²) >= 11 is 0. The molecule has 1 aliphatic carbocycles. The molecule has 1 heterocycles. The molecule has 0 atom stereocenters. The second-order valence-electron chi connectivity index (χ2n) is 5.25. The second-order valence-corrected chi connectivity index (χ2v) is 5.25. The van der Waals surface area contributed by atoms with Gasteiger partial charge in [-0.3, -0.25) is 14.5 Å². The van der Waals surface area contributed by atoms with Crippen LogP contribution in [0.4, 0.5) is 0 Å². The van der Waals surface area contributed by atoms with E-state index in [1.54, 1.807) is 0 Å². The molecule has 0 aromatic heterocycles. The summed E-state index contributed by atoms with van der Waals surface area (Å²) in [6, 6.07) is 0.435. The van der Waals surface area contributed by atoms with Crippen molar-refractivity contribution in [1.29, 1.82) is 0 Å². The third kappa shape index (κ3) is 3.98. The van der Waals surface area contributed by atoms with Gasteiger partial charge in [-0.1, -0.05) is 6.92 Å². The second kappa shape index (κ2) is 6.18. The van der Waals surface area contributed by atoms with Crippen LogP contribution in [-0.2, 0) is 9.59 Å². The Kier molecular flexibility index (Phi) is 4.58. The van der Waals surface area contributed by atoms with E-state index in [-0.39, 0.29) is 11.8 Å². The van der Waals surface area contributed by atoms with Crippen molar-refractivity contribution in [2.45, 2.75) is 38.6 Å². The van der Waals surface area contributed by atoms with Gasteiger partial charge >= 0.3 is 0 Å². The normalized spacial score (nSPS) is 20.8. The van der Waals surface area contributed by atoms with Crippen molar-refractivity contribution in [3.05, 3.63) is 0 Å². The number of hydrogen-bond donors (Lipinski definition) is 1. The molecule has 5 heteroatoms. The Balaban J connectivity index is 1.66. The number of carbonyl (C=O) groups is 2. The van der Waals surface area contributed by atoms with E-state index in [1.807, 2.05) is 11.8 Å². The van der Waals surface area contributed by atoms with E-state index in [1.165, 1.54) is 0 Å². The van der Waals surface area contributed by atoms with Gasteiger partial charge in [-0.2, -0.15) is 0 Å². The number of hydrogen-bond acceptors (Lipinski definition) is 3. The van der Waals surface area contributed by atoms with Crippen molar-refractivity contribution in [1.82, 2.24) is 15.1 Å². The molecule has 0 aromatic rings. The SMILES string of the molecule is CCCC(=O)N1CCN(CC(=O)NC2CC2)CC1. The summed E-state index contributed by atoms with van der Waals surface area (Å²) in [5.74, 6) is 0.380. The van der Waals surface area contributed by atoms with E-state index in [0.717, 1.165) is 45.4 Å². The molecule has 5 nitrogen and oxygen atoms in total. The van der Waals surface area contributed by atoms with Crippen LogP contribution in [0.3, 0.4) is 0 Å². The average Bonchev–Trinajstić information content (AvgIpc) is 3.14. The fourth-order valence-corrected chi connectivity index (χ4v) is 2.23. The van der Waals surface area contributed by atoms with Gasteiger partial charge in [-0.15, -0.1) is 0 Å². The molecule has 0 spiro atoms. The van der Waals surface area contributed by atoms with Crippen LogP contribution in [0.1, 0.15) is 32.6 Å². The van der Waals surface area contributed by atoms with Gasteiger partial charge in [0.25, 0.3) is 0 Å². The number of nitrogens with zero attached hydrogens (tertiary/aromatic N) is 2. The van der Waals surface area contributed by atoms with Crippen LogP contribution in [0, 0.1) is 0 Å². The lowest BCUT2D eigenvalue weighted by atomic mass is 10.2. The zero-order chi connectivity index (χ0) is 13.0. The highest BCUT2D eigenvalue weighted by atomic mass is 16.2. The Labute approximate surface area is 108 Å². The number of nitrogens with one attached hydrogen (secondary N) is 1. The summed E-state index contributed by atoms with van der Waals surface area (Å²) in [6.45, 7) is 5.65. The summed E-state index contributed by atoms with van der Waals surface area (Å²) in [7, 11) is 0. The van der Waals surface area contributed by atoms with E-state index in [9.17, 15) is 9.59 Å². The summed E-state index contributed by atoms with van der Waals surface area (Å²) in [6.07, 6.45) is 3.81. The van der Waals surface area contributed by atoms with Crippen LogP contribution in [-0.4, -0.2) is 60.4 Å². The molecule has 2 rings (SSSR count). The molecule has 0 aromatic carbocycles. The Morgan fingerprint density at radius 2 is 1.83 bits per heavy atom. The van der Waals surface area contributed by atoms with Crippen molar-refractivity contribution in [3.8, 4) is 0 Å². The predicted molar refractivity (Wildman–Crippen MR) is 69.1 cm³/mol. The predicted octanol–water partition coefficient (Wildman–Crippen LogP) is 0.209. The third-order valence-electron chi connectivity index (χ3n) is 3.50. The van der Waals surface area contributed by atoms with Crippen LogP contribution in [0.2, 0.25) is 0 Å². The maximum absolute atomic E-state index is 11.7. The number of rotatable bonds is 5. The van der Waals surface area contributed by atoms with Gasteiger partial charge in [0, 0.05) is 38.6 Å². The first-order valence-electron chi connectivity index (χ1n) is 6.98. The van der Waals surface area contributed by atoms with Crippen molar-refractivity contribution in [2.75, 3.05) is 32.7 Å². The first kappa shape index (κ1) is 13.3. The molecule has 1 N–H and O–H groups in total. The van der Waals surface area contributed by atoms with Crippen molar-refractivity contribution >= 4 is 11.8 Å². The number of piperazine rings is 1. The Hall–Kier alpha value is -1.10. The van der Waals surface area contributed by atoms with Crippen LogP contribution >= 0.6 is 0 Å². The minimum atomic E-state index is 0.130. The molecule has 2 fully saturated rings. The molecule has 102 valence electrons. The molecular weight excluding hydrogens is 230 g/mol. The minimum Gasteiger partial charge on any atom is -0.352 e. The molecule has 1 saturated carbocycles. The standard InChI is InChI=1S/C13H23N3O2/c1-2-3-13(18)16-8-6-15(7-9-16)10-12(17)14-11-4-5-11/h11H,2-10H2,1H3,(H,14,17). The molecule has 0 radical (unpaired) electrons. The summed E-state index contributed by atoms with van der Waals surface area (Å²) < 4.78 is 0. The molecule has 0 unspecified atom stereocenters. The molecule has 2 amide bonds. The zero-order valence-electron chi connectivity index (χ0n) is 11.2. The molecular formula is C13H23N3O2. The molecule has 1 aliphatic heterocycles. The Bertz CT molecular complexity index is 307. The Morgan fingerprint density at radius 1 is 1.17 bits per heavy atom. The largest absolute Gasteiger partial charge is 0.352 e. The fraction of sp³-hybridized carbons (Fsp3) is 0.846. The highest BCUT2D eigenvalue weighted by Crippen LogP contribution is 2.18. The third-order valence-corrected chi connectivity index (χ3v) is 3.50. The molecule has 2 aliphatic rings. The first-order chi connectivity index (χ1) is 8.69. The van der Waals surface area contributed by atoms with Gasteiger partial charge in [0.05, 0.1) is 6.54 Å². The quantitative estimate of drug-likeness (QED) is 0.762. The van der Waals surface area contributed by atoms with Crippen LogP contribution in [0.25, 0.3) is 0 Å². The topological polar surface area (TPSA) is 52.7 Å². The summed E-state index contributed by atoms with van der Waals surface area (Å²) in [4.78, 5) is 27.4. The van der Waals surface area contributed by atoms with Gasteiger partial charge in [-0.05, 0) is 19.3 Å². The lowest BCUT2D eigenvalue weighted by Crippen LogP contribution is -2.51. The summed E-state index contributed by atoms with van der Waals surface area (Å²) in [5.41, 5.74) is 0. The number of amides is 2. The van der Waals surface area contributed by atoms with E-state index in [0.29, 0.717) is 19.0 Å². The van der Waals surface area contributed by atoms with Gasteiger partial charge in [0.2, 0.25) is 11.8 Å². The van der Waals surface area contributed by atoms with Crippen molar-refractivity contribution < 1.29 is 9.59 Å². The lowest BCUT2D eigenvalue weighted by Gasteiger charge is -2.34. The van der Waals surface area contributed by atoms with Crippen molar-refractivity contribution in [3.63, 3.8) is 0 Å². The Morgan fingerprint density at radius 3 is 2.39 bits per heavy atom. The average molecular weight is 253 g/mol. The van der Waals surface area contributed by atoms with Gasteiger partial charge in [0.15, 0.2) is 0 Å². The maximum Gasteiger partial charge on any atom is 0.234 e. The van der Waals surface area contributed by atoms with Crippen LogP contribution in [0.15, 0.2) is 0 Å². The minimum absolute atomic E-state index is 0.130. The van der Waals surface area contributed by atoms with Crippen molar-refractivity contribution in [2.24, 2.45) is 0 Å². The zero-order valence-corrected chi connectivity index (χ0v) is 11.2. The maximum atomic E-state index is 11.7. The fourth-order valence-electron chi connectivity index (χ4n) is 2.23. The van der Waals surface area contributed by atoms with E-state index in [4.69, 9.17) is 0 Å². The molecule has 18 heavy (non-hydrogen) atoms. The van der Waals surface area contributed by atoms with Gasteiger partial charge in [0.1, 0.15) is 0 Å². The monoisotopic (exact) mass is 253 g/mol. The number of carbonyl (C=O) groups excluding carboxylic acids is 2. The lowest BCUT2D eigenvalue weighted by molar-refractivity contribution is -0.133. The molecule has 0 bridgehead atoms. The first-order valence-corrected chi connectivity index (χ1v) is 6.98. The van der Waals surface area contributed by atoms with Gasteiger partial charge in [-0.25, -0.2) is 0 Å². The van der Waals surface area contributed by atoms with Crippen LogP contribution in [0.5, 0.6) is 0 Å². The van der Waals surface area contributed by atoms with Crippen LogP contribution < -0.4 is 5.32 Å². The van der Waals surface area contributed by atoms with E-state index in [2.05, 4.69) is 10.2 Å². The van der Waals surface area contributed by atoms with E-state index >= 15 is 0 Å². The highest BCUT2D eigenvalue weighted by Gasteiger charge is 2.25. The smallest absolute Gasteiger partial charge is 0.234 e. The highest BCUT2D eigenvalue weighted by molar-refractivity contribution is 5.79. The molecule has 1 saturated heterocycles. The van der Waals surface area contributed by atoms with Gasteiger partial charge < -0.3 is 10.2 Å².